The normalized spacial score (nSPS) is 14.4. The molecule has 0 spiro atoms. The molecule has 0 saturated heterocycles. The van der Waals surface area contributed by atoms with Gasteiger partial charge in [-0.3, -0.25) is 0 Å². The lowest BCUT2D eigenvalue weighted by Crippen LogP contribution is -2.42. The predicted molar refractivity (Wildman–Crippen MR) is 48.3 cm³/mol. The number of allylic oxidation sites excluding steroid dienone is 1. The number of hydrogen-bond donors (Lipinski definition) is 2. The van der Waals surface area contributed by atoms with E-state index in [-0.39, 0.29) is 6.04 Å². The van der Waals surface area contributed by atoms with Gasteiger partial charge in [0.15, 0.2) is 0 Å². The van der Waals surface area contributed by atoms with Crippen molar-refractivity contribution in [2.24, 2.45) is 5.73 Å². The Hall–Kier alpha value is -0.340. The molecule has 1 atom stereocenters. The Morgan fingerprint density at radius 2 is 2.00 bits per heavy atom. The van der Waals surface area contributed by atoms with E-state index >= 15 is 0 Å². The highest BCUT2D eigenvalue weighted by Gasteiger charge is 2.21. The van der Waals surface area contributed by atoms with Crippen LogP contribution >= 0.6 is 0 Å². The number of rotatable bonds is 3. The second kappa shape index (κ2) is 3.88. The van der Waals surface area contributed by atoms with Crippen LogP contribution in [0.1, 0.15) is 34.1 Å². The minimum absolute atomic E-state index is 0.169. The van der Waals surface area contributed by atoms with Gasteiger partial charge in [-0.15, -0.1) is 0 Å². The van der Waals surface area contributed by atoms with Gasteiger partial charge in [-0.25, -0.2) is 0 Å². The van der Waals surface area contributed by atoms with Crippen molar-refractivity contribution in [2.75, 3.05) is 0 Å². The largest absolute Gasteiger partial charge is 0.389 e. The molecule has 0 bridgehead atoms. The monoisotopic (exact) mass is 157 g/mol. The fourth-order valence-electron chi connectivity index (χ4n) is 0.651. The molecule has 0 saturated carbocycles. The zero-order chi connectivity index (χ0) is 9.07. The van der Waals surface area contributed by atoms with Gasteiger partial charge in [0.25, 0.3) is 0 Å². The van der Waals surface area contributed by atoms with E-state index in [0.29, 0.717) is 0 Å². The molecular formula is C9H19NO. The predicted octanol–water partition coefficient (Wildman–Crippen LogP) is 1.44. The van der Waals surface area contributed by atoms with Gasteiger partial charge in [-0.05, 0) is 34.1 Å². The van der Waals surface area contributed by atoms with Gasteiger partial charge in [0.05, 0.1) is 5.60 Å². The maximum atomic E-state index is 9.44. The summed E-state index contributed by atoms with van der Waals surface area (Å²) in [4.78, 5) is 0. The Kier molecular flexibility index (Phi) is 3.76. The van der Waals surface area contributed by atoms with E-state index in [1.807, 2.05) is 19.9 Å². The molecule has 0 amide bonds. The van der Waals surface area contributed by atoms with Crippen LogP contribution in [0.5, 0.6) is 0 Å². The number of aliphatic hydroxyl groups is 1. The van der Waals surface area contributed by atoms with Crippen LogP contribution in [0, 0.1) is 0 Å². The van der Waals surface area contributed by atoms with E-state index in [4.69, 9.17) is 5.73 Å². The molecule has 0 aliphatic carbocycles. The van der Waals surface area contributed by atoms with Crippen molar-refractivity contribution in [3.8, 4) is 0 Å². The summed E-state index contributed by atoms with van der Waals surface area (Å²) in [6.45, 7) is 7.52. The van der Waals surface area contributed by atoms with E-state index in [2.05, 4.69) is 0 Å². The molecular weight excluding hydrogens is 138 g/mol. The summed E-state index contributed by atoms with van der Waals surface area (Å²) in [5.41, 5.74) is 6.17. The van der Waals surface area contributed by atoms with Gasteiger partial charge in [0.2, 0.25) is 0 Å². The van der Waals surface area contributed by atoms with Crippen molar-refractivity contribution < 1.29 is 5.11 Å². The Balaban J connectivity index is 3.89. The molecule has 2 nitrogen and oxygen atoms in total. The van der Waals surface area contributed by atoms with Gasteiger partial charge >= 0.3 is 0 Å². The maximum absolute atomic E-state index is 9.44. The number of hydrogen-bond acceptors (Lipinski definition) is 2. The van der Waals surface area contributed by atoms with E-state index in [0.717, 1.165) is 6.42 Å². The summed E-state index contributed by atoms with van der Waals surface area (Å²) in [6.07, 6.45) is 2.79. The molecule has 0 fully saturated rings. The van der Waals surface area contributed by atoms with Crippen molar-refractivity contribution in [1.29, 1.82) is 0 Å². The Morgan fingerprint density at radius 3 is 2.27 bits per heavy atom. The fourth-order valence-corrected chi connectivity index (χ4v) is 0.651. The summed E-state index contributed by atoms with van der Waals surface area (Å²) in [7, 11) is 0. The van der Waals surface area contributed by atoms with Crippen molar-refractivity contribution >= 4 is 0 Å². The van der Waals surface area contributed by atoms with Gasteiger partial charge in [0, 0.05) is 6.04 Å². The van der Waals surface area contributed by atoms with Crippen LogP contribution in [-0.4, -0.2) is 16.7 Å². The molecule has 0 aromatic carbocycles. The van der Waals surface area contributed by atoms with Crippen LogP contribution in [-0.2, 0) is 0 Å². The zero-order valence-corrected chi connectivity index (χ0v) is 7.89. The summed E-state index contributed by atoms with van der Waals surface area (Å²) >= 11 is 0. The van der Waals surface area contributed by atoms with Crippen LogP contribution in [0.2, 0.25) is 0 Å². The molecule has 0 heterocycles. The molecule has 1 unspecified atom stereocenters. The third kappa shape index (κ3) is 4.99. The van der Waals surface area contributed by atoms with Gasteiger partial charge in [-0.1, -0.05) is 11.6 Å². The first-order valence-electron chi connectivity index (χ1n) is 3.95. The molecule has 0 aliphatic heterocycles. The number of nitrogens with two attached hydrogens (primary N) is 1. The minimum Gasteiger partial charge on any atom is -0.389 e. The van der Waals surface area contributed by atoms with Crippen molar-refractivity contribution in [3.05, 3.63) is 11.6 Å². The van der Waals surface area contributed by atoms with Crippen molar-refractivity contribution in [3.63, 3.8) is 0 Å². The highest BCUT2D eigenvalue weighted by molar-refractivity contribution is 4.97. The fraction of sp³-hybridized carbons (Fsp3) is 0.778. The summed E-state index contributed by atoms with van der Waals surface area (Å²) in [5, 5.41) is 9.44. The lowest BCUT2D eigenvalue weighted by atomic mass is 9.96. The maximum Gasteiger partial charge on any atom is 0.0745 e. The molecule has 0 rings (SSSR count). The highest BCUT2D eigenvalue weighted by Crippen LogP contribution is 2.10. The first-order chi connectivity index (χ1) is 4.84. The van der Waals surface area contributed by atoms with Crippen molar-refractivity contribution in [1.82, 2.24) is 0 Å². The molecule has 11 heavy (non-hydrogen) atoms. The van der Waals surface area contributed by atoms with E-state index in [1.54, 1.807) is 13.8 Å². The first kappa shape index (κ1) is 10.7. The molecule has 0 aromatic rings. The van der Waals surface area contributed by atoms with Crippen LogP contribution in [0.3, 0.4) is 0 Å². The first-order valence-corrected chi connectivity index (χ1v) is 3.95. The Labute approximate surface area is 69.1 Å². The third-order valence-electron chi connectivity index (χ3n) is 1.69. The SMILES string of the molecule is CC(C)=CCC(N)C(C)(C)O. The van der Waals surface area contributed by atoms with Crippen LogP contribution in [0.15, 0.2) is 11.6 Å². The van der Waals surface area contributed by atoms with Crippen molar-refractivity contribution in [2.45, 2.75) is 45.8 Å². The molecule has 66 valence electrons. The molecule has 0 aliphatic rings. The standard InChI is InChI=1S/C9H19NO/c1-7(2)5-6-8(10)9(3,4)11/h5,8,11H,6,10H2,1-4H3. The second-order valence-corrected chi connectivity index (χ2v) is 3.78. The van der Waals surface area contributed by atoms with Gasteiger partial charge in [0.1, 0.15) is 0 Å². The smallest absolute Gasteiger partial charge is 0.0745 e. The van der Waals surface area contributed by atoms with Crippen LogP contribution in [0.4, 0.5) is 0 Å². The van der Waals surface area contributed by atoms with E-state index in [9.17, 15) is 5.11 Å². The van der Waals surface area contributed by atoms with Crippen LogP contribution in [0.25, 0.3) is 0 Å². The third-order valence-corrected chi connectivity index (χ3v) is 1.69. The molecule has 0 aromatic heterocycles. The molecule has 2 heteroatoms. The average Bonchev–Trinajstić information content (AvgIpc) is 1.80. The topological polar surface area (TPSA) is 46.2 Å². The van der Waals surface area contributed by atoms with E-state index < -0.39 is 5.60 Å². The quantitative estimate of drug-likeness (QED) is 0.609. The highest BCUT2D eigenvalue weighted by atomic mass is 16.3. The lowest BCUT2D eigenvalue weighted by Gasteiger charge is -2.24. The Bertz CT molecular complexity index is 140. The molecule has 3 N–H and O–H groups in total. The lowest BCUT2D eigenvalue weighted by molar-refractivity contribution is 0.0530. The summed E-state index contributed by atoms with van der Waals surface area (Å²) < 4.78 is 0. The summed E-state index contributed by atoms with van der Waals surface area (Å²) in [5.74, 6) is 0. The summed E-state index contributed by atoms with van der Waals surface area (Å²) in [6, 6.07) is -0.169. The van der Waals surface area contributed by atoms with Crippen LogP contribution < -0.4 is 5.73 Å². The zero-order valence-electron chi connectivity index (χ0n) is 7.89. The van der Waals surface area contributed by atoms with Gasteiger partial charge < -0.3 is 10.8 Å². The Morgan fingerprint density at radius 1 is 1.55 bits per heavy atom. The molecule has 0 radical (unpaired) electrons. The van der Waals surface area contributed by atoms with Gasteiger partial charge in [-0.2, -0.15) is 0 Å². The van der Waals surface area contributed by atoms with E-state index in [1.165, 1.54) is 5.57 Å². The average molecular weight is 157 g/mol. The minimum atomic E-state index is -0.772. The second-order valence-electron chi connectivity index (χ2n) is 3.78.